The molecule has 1 heterocycles. The maximum atomic E-state index is 12.3. The van der Waals surface area contributed by atoms with Gasteiger partial charge >= 0.3 is 6.61 Å². The molecule has 1 aromatic carbocycles. The number of rotatable bonds is 8. The van der Waals surface area contributed by atoms with E-state index in [1.165, 1.54) is 6.07 Å². The highest BCUT2D eigenvalue weighted by molar-refractivity contribution is 7.88. The van der Waals surface area contributed by atoms with Crippen LogP contribution in [0.25, 0.3) is 0 Å². The molecule has 1 N–H and O–H groups in total. The normalized spacial score (nSPS) is 11.8. The molecule has 0 radical (unpaired) electrons. The lowest BCUT2D eigenvalue weighted by Crippen LogP contribution is -2.27. The standard InChI is InChI=1S/C13H15F2N3O4S/c1-9-17-12(18-22-9)8-23(19,20)16-7-6-10-4-2-3-5-11(10)21-13(14)15/h2-5,13,16H,6-8H2,1H3. The average molecular weight is 347 g/mol. The van der Waals surface area contributed by atoms with Gasteiger partial charge in [-0.2, -0.15) is 13.8 Å². The van der Waals surface area contributed by atoms with Gasteiger partial charge < -0.3 is 9.26 Å². The van der Waals surface area contributed by atoms with Crippen LogP contribution >= 0.6 is 0 Å². The Morgan fingerprint density at radius 3 is 2.74 bits per heavy atom. The van der Waals surface area contributed by atoms with Gasteiger partial charge in [-0.25, -0.2) is 13.1 Å². The first-order valence-corrected chi connectivity index (χ1v) is 8.30. The van der Waals surface area contributed by atoms with Gasteiger partial charge in [0, 0.05) is 13.5 Å². The van der Waals surface area contributed by atoms with E-state index >= 15 is 0 Å². The van der Waals surface area contributed by atoms with Crippen molar-refractivity contribution in [3.8, 4) is 5.75 Å². The molecule has 1 aromatic heterocycles. The topological polar surface area (TPSA) is 94.3 Å². The Balaban J connectivity index is 1.91. The number of halogens is 2. The molecule has 0 unspecified atom stereocenters. The fourth-order valence-corrected chi connectivity index (χ4v) is 2.86. The third-order valence-corrected chi connectivity index (χ3v) is 4.08. The lowest BCUT2D eigenvalue weighted by Gasteiger charge is -2.10. The Bertz CT molecular complexity index is 749. The lowest BCUT2D eigenvalue weighted by molar-refractivity contribution is -0.0504. The van der Waals surface area contributed by atoms with E-state index in [0.717, 1.165) is 0 Å². The van der Waals surface area contributed by atoms with Crippen LogP contribution in [0.15, 0.2) is 28.8 Å². The van der Waals surface area contributed by atoms with Crippen LogP contribution in [-0.2, 0) is 22.2 Å². The molecule has 0 amide bonds. The minimum atomic E-state index is -3.65. The first-order valence-electron chi connectivity index (χ1n) is 6.65. The minimum absolute atomic E-state index is 0.0236. The first-order chi connectivity index (χ1) is 10.9. The summed E-state index contributed by atoms with van der Waals surface area (Å²) >= 11 is 0. The third kappa shape index (κ3) is 5.57. The largest absolute Gasteiger partial charge is 0.435 e. The highest BCUT2D eigenvalue weighted by Crippen LogP contribution is 2.20. The van der Waals surface area contributed by atoms with E-state index in [0.29, 0.717) is 5.56 Å². The number of alkyl halides is 2. The number of nitrogens with one attached hydrogen (secondary N) is 1. The van der Waals surface area contributed by atoms with Gasteiger partial charge in [-0.1, -0.05) is 23.4 Å². The van der Waals surface area contributed by atoms with E-state index in [-0.39, 0.29) is 30.4 Å². The zero-order valence-corrected chi connectivity index (χ0v) is 13.0. The van der Waals surface area contributed by atoms with Gasteiger partial charge in [0.05, 0.1) is 0 Å². The SMILES string of the molecule is Cc1nc(CS(=O)(=O)NCCc2ccccc2OC(F)F)no1. The molecule has 126 valence electrons. The first kappa shape index (κ1) is 17.3. The molecule has 0 atom stereocenters. The van der Waals surface area contributed by atoms with Crippen molar-refractivity contribution < 1.29 is 26.5 Å². The lowest BCUT2D eigenvalue weighted by atomic mass is 10.1. The number of benzene rings is 1. The van der Waals surface area contributed by atoms with Crippen LogP contribution in [-0.4, -0.2) is 31.7 Å². The van der Waals surface area contributed by atoms with E-state index in [9.17, 15) is 17.2 Å². The second-order valence-corrected chi connectivity index (χ2v) is 6.43. The third-order valence-electron chi connectivity index (χ3n) is 2.79. The van der Waals surface area contributed by atoms with E-state index in [1.54, 1.807) is 25.1 Å². The van der Waals surface area contributed by atoms with Crippen molar-refractivity contribution in [1.29, 1.82) is 0 Å². The van der Waals surface area contributed by atoms with Gasteiger partial charge in [0.2, 0.25) is 15.9 Å². The summed E-state index contributed by atoms with van der Waals surface area (Å²) in [4.78, 5) is 3.81. The second-order valence-electron chi connectivity index (χ2n) is 4.62. The fraction of sp³-hybridized carbons (Fsp3) is 0.385. The predicted octanol–water partition coefficient (Wildman–Crippen LogP) is 1.64. The Hall–Kier alpha value is -2.07. The summed E-state index contributed by atoms with van der Waals surface area (Å²) in [7, 11) is -3.65. The number of aryl methyl sites for hydroxylation is 1. The summed E-state index contributed by atoms with van der Waals surface area (Å²) in [6, 6.07) is 6.21. The zero-order chi connectivity index (χ0) is 16.9. The van der Waals surface area contributed by atoms with Crippen molar-refractivity contribution in [1.82, 2.24) is 14.9 Å². The van der Waals surface area contributed by atoms with Crippen molar-refractivity contribution in [3.05, 3.63) is 41.5 Å². The van der Waals surface area contributed by atoms with Gasteiger partial charge in [0.15, 0.2) is 5.82 Å². The Morgan fingerprint density at radius 2 is 2.09 bits per heavy atom. The molecule has 2 aromatic rings. The monoisotopic (exact) mass is 347 g/mol. The van der Waals surface area contributed by atoms with Crippen LogP contribution in [0.5, 0.6) is 5.75 Å². The molecular weight excluding hydrogens is 332 g/mol. The summed E-state index contributed by atoms with van der Waals surface area (Å²) in [6.07, 6.45) is 0.202. The van der Waals surface area contributed by atoms with Gasteiger partial charge in [-0.15, -0.1) is 0 Å². The molecule has 23 heavy (non-hydrogen) atoms. The van der Waals surface area contributed by atoms with E-state index in [2.05, 4.69) is 19.6 Å². The number of nitrogens with zero attached hydrogens (tertiary/aromatic N) is 2. The summed E-state index contributed by atoms with van der Waals surface area (Å²) in [5.41, 5.74) is 0.478. The van der Waals surface area contributed by atoms with Crippen LogP contribution in [0, 0.1) is 6.92 Å². The van der Waals surface area contributed by atoms with Gasteiger partial charge in [0.25, 0.3) is 0 Å². The number of para-hydroxylation sites is 1. The van der Waals surface area contributed by atoms with Crippen LogP contribution in [0.3, 0.4) is 0 Å². The summed E-state index contributed by atoms with van der Waals surface area (Å²) < 4.78 is 59.8. The zero-order valence-electron chi connectivity index (χ0n) is 12.2. The van der Waals surface area contributed by atoms with Crippen LogP contribution in [0.2, 0.25) is 0 Å². The van der Waals surface area contributed by atoms with Crippen LogP contribution in [0.4, 0.5) is 8.78 Å². The average Bonchev–Trinajstić information content (AvgIpc) is 2.84. The van der Waals surface area contributed by atoms with E-state index < -0.39 is 22.4 Å². The molecular formula is C13H15F2N3O4S. The molecule has 0 fully saturated rings. The highest BCUT2D eigenvalue weighted by Gasteiger charge is 2.16. The van der Waals surface area contributed by atoms with Crippen LogP contribution in [0.1, 0.15) is 17.3 Å². The maximum absolute atomic E-state index is 12.3. The minimum Gasteiger partial charge on any atom is -0.435 e. The fourth-order valence-electron chi connectivity index (χ4n) is 1.88. The number of hydrogen-bond donors (Lipinski definition) is 1. The second kappa shape index (κ2) is 7.47. The van der Waals surface area contributed by atoms with Crippen molar-refractivity contribution in [2.24, 2.45) is 0 Å². The van der Waals surface area contributed by atoms with Gasteiger partial charge in [-0.05, 0) is 18.1 Å². The number of sulfonamides is 1. The van der Waals surface area contributed by atoms with Crippen molar-refractivity contribution in [2.75, 3.05) is 6.54 Å². The molecule has 0 aliphatic rings. The van der Waals surface area contributed by atoms with E-state index in [4.69, 9.17) is 4.52 Å². The summed E-state index contributed by atoms with van der Waals surface area (Å²) in [5, 5.41) is 3.51. The van der Waals surface area contributed by atoms with Gasteiger partial charge in [0.1, 0.15) is 11.5 Å². The molecule has 2 rings (SSSR count). The molecule has 0 aliphatic heterocycles. The molecule has 0 bridgehead atoms. The smallest absolute Gasteiger partial charge is 0.387 e. The Kier molecular flexibility index (Phi) is 5.61. The summed E-state index contributed by atoms with van der Waals surface area (Å²) in [5.74, 6) is -0.0697. The molecule has 0 saturated heterocycles. The predicted molar refractivity (Wildman–Crippen MR) is 76.4 cm³/mol. The van der Waals surface area contributed by atoms with Crippen LogP contribution < -0.4 is 9.46 Å². The van der Waals surface area contributed by atoms with Crippen molar-refractivity contribution >= 4 is 10.0 Å². The molecule has 0 saturated carbocycles. The van der Waals surface area contributed by atoms with Crippen molar-refractivity contribution in [3.63, 3.8) is 0 Å². The Labute approximate surface area is 131 Å². The quantitative estimate of drug-likeness (QED) is 0.780. The molecule has 10 heteroatoms. The number of hydrogen-bond acceptors (Lipinski definition) is 6. The maximum Gasteiger partial charge on any atom is 0.387 e. The Morgan fingerprint density at radius 1 is 1.35 bits per heavy atom. The molecule has 7 nitrogen and oxygen atoms in total. The number of aromatic nitrogens is 2. The van der Waals surface area contributed by atoms with Gasteiger partial charge in [-0.3, -0.25) is 0 Å². The molecule has 0 aliphatic carbocycles. The van der Waals surface area contributed by atoms with E-state index in [1.807, 2.05) is 0 Å². The van der Waals surface area contributed by atoms with Crippen molar-refractivity contribution in [2.45, 2.75) is 25.7 Å². The molecule has 0 spiro atoms. The summed E-state index contributed by atoms with van der Waals surface area (Å²) in [6.45, 7) is -1.35. The number of ether oxygens (including phenoxy) is 1. The highest BCUT2D eigenvalue weighted by atomic mass is 32.2.